The van der Waals surface area contributed by atoms with Crippen molar-refractivity contribution in [2.24, 2.45) is 0 Å². The molecule has 21 heavy (non-hydrogen) atoms. The fourth-order valence-corrected chi connectivity index (χ4v) is 2.17. The lowest BCUT2D eigenvalue weighted by Gasteiger charge is -2.25. The smallest absolute Gasteiger partial charge is 0.305 e. The van der Waals surface area contributed by atoms with Crippen molar-refractivity contribution in [3.8, 4) is 5.75 Å². The number of aliphatic hydroxyl groups is 2. The maximum atomic E-state index is 10.9. The van der Waals surface area contributed by atoms with E-state index in [2.05, 4.69) is 5.32 Å². The number of methoxy groups -OCH3 is 1. The lowest BCUT2D eigenvalue weighted by atomic mass is 9.95. The molecule has 4 N–H and O–H groups in total. The van der Waals surface area contributed by atoms with Crippen molar-refractivity contribution in [2.45, 2.75) is 32.4 Å². The Hall–Kier alpha value is -1.63. The van der Waals surface area contributed by atoms with E-state index in [0.717, 1.165) is 11.1 Å². The topological polar surface area (TPSA) is 99.0 Å². The van der Waals surface area contributed by atoms with Crippen molar-refractivity contribution >= 4 is 5.97 Å². The Kier molecular flexibility index (Phi) is 6.61. The van der Waals surface area contributed by atoms with Crippen LogP contribution in [0.1, 0.15) is 29.2 Å². The SMILES string of the molecule is COc1cc(C)c(C)cc1C(O)C(CC(=O)O)NCCO. The van der Waals surface area contributed by atoms with Crippen LogP contribution in [0.4, 0.5) is 0 Å². The van der Waals surface area contributed by atoms with Crippen molar-refractivity contribution in [3.05, 3.63) is 28.8 Å². The first-order valence-corrected chi connectivity index (χ1v) is 6.80. The van der Waals surface area contributed by atoms with Crippen LogP contribution < -0.4 is 10.1 Å². The summed E-state index contributed by atoms with van der Waals surface area (Å²) in [5.74, 6) is -0.501. The zero-order valence-corrected chi connectivity index (χ0v) is 12.6. The van der Waals surface area contributed by atoms with Crippen LogP contribution in [0.2, 0.25) is 0 Å². The number of nitrogens with one attached hydrogen (secondary N) is 1. The normalized spacial score (nSPS) is 13.8. The third-order valence-corrected chi connectivity index (χ3v) is 3.46. The molecule has 2 unspecified atom stereocenters. The fourth-order valence-electron chi connectivity index (χ4n) is 2.17. The molecule has 0 saturated carbocycles. The van der Waals surface area contributed by atoms with Gasteiger partial charge in [0, 0.05) is 18.2 Å². The zero-order chi connectivity index (χ0) is 16.0. The molecule has 118 valence electrons. The maximum absolute atomic E-state index is 10.9. The summed E-state index contributed by atoms with van der Waals surface area (Å²) in [7, 11) is 1.51. The lowest BCUT2D eigenvalue weighted by Crippen LogP contribution is -2.38. The van der Waals surface area contributed by atoms with Gasteiger partial charge in [-0.2, -0.15) is 0 Å². The Morgan fingerprint density at radius 1 is 1.33 bits per heavy atom. The van der Waals surface area contributed by atoms with Crippen molar-refractivity contribution in [3.63, 3.8) is 0 Å². The number of aliphatic hydroxyl groups excluding tert-OH is 2. The maximum Gasteiger partial charge on any atom is 0.305 e. The first kappa shape index (κ1) is 17.4. The van der Waals surface area contributed by atoms with Gasteiger partial charge in [0.05, 0.1) is 26.2 Å². The van der Waals surface area contributed by atoms with Gasteiger partial charge in [-0.05, 0) is 37.1 Å². The Balaban J connectivity index is 3.09. The van der Waals surface area contributed by atoms with E-state index >= 15 is 0 Å². The standard InChI is InChI=1S/C15H23NO5/c1-9-6-11(13(21-3)7-10(9)2)15(20)12(8-14(18)19)16-4-5-17/h6-7,12,15-17,20H,4-5,8H2,1-3H3,(H,18,19). The van der Waals surface area contributed by atoms with Gasteiger partial charge in [0.15, 0.2) is 0 Å². The quantitative estimate of drug-likeness (QED) is 0.566. The Morgan fingerprint density at radius 3 is 2.48 bits per heavy atom. The Morgan fingerprint density at radius 2 is 1.95 bits per heavy atom. The van der Waals surface area contributed by atoms with Gasteiger partial charge in [0.25, 0.3) is 0 Å². The van der Waals surface area contributed by atoms with E-state index in [1.807, 2.05) is 19.9 Å². The number of aryl methyl sites for hydroxylation is 2. The number of aliphatic carboxylic acids is 1. The van der Waals surface area contributed by atoms with Gasteiger partial charge in [-0.1, -0.05) is 0 Å². The number of rotatable bonds is 8. The van der Waals surface area contributed by atoms with Gasteiger partial charge in [-0.3, -0.25) is 4.79 Å². The van der Waals surface area contributed by atoms with E-state index in [1.54, 1.807) is 6.07 Å². The molecular formula is C15H23NO5. The molecule has 0 aliphatic carbocycles. The summed E-state index contributed by atoms with van der Waals surface area (Å²) in [5, 5.41) is 31.2. The summed E-state index contributed by atoms with van der Waals surface area (Å²) in [6.45, 7) is 3.93. The fraction of sp³-hybridized carbons (Fsp3) is 0.533. The zero-order valence-electron chi connectivity index (χ0n) is 12.6. The summed E-state index contributed by atoms with van der Waals surface area (Å²) < 4.78 is 5.28. The third-order valence-electron chi connectivity index (χ3n) is 3.46. The largest absolute Gasteiger partial charge is 0.496 e. The molecule has 2 atom stereocenters. The molecular weight excluding hydrogens is 274 g/mol. The predicted molar refractivity (Wildman–Crippen MR) is 78.6 cm³/mol. The van der Waals surface area contributed by atoms with Crippen LogP contribution in [0.25, 0.3) is 0 Å². The highest BCUT2D eigenvalue weighted by Gasteiger charge is 2.26. The molecule has 0 radical (unpaired) electrons. The molecule has 0 aliphatic heterocycles. The first-order chi connectivity index (χ1) is 9.90. The van der Waals surface area contributed by atoms with E-state index in [0.29, 0.717) is 11.3 Å². The van der Waals surface area contributed by atoms with Crippen LogP contribution in [0, 0.1) is 13.8 Å². The molecule has 0 amide bonds. The first-order valence-electron chi connectivity index (χ1n) is 6.80. The number of ether oxygens (including phenoxy) is 1. The molecule has 1 aromatic carbocycles. The van der Waals surface area contributed by atoms with Crippen LogP contribution in [0.3, 0.4) is 0 Å². The molecule has 0 aliphatic rings. The second-order valence-corrected chi connectivity index (χ2v) is 5.01. The Bertz CT molecular complexity index is 489. The van der Waals surface area contributed by atoms with Crippen molar-refractivity contribution in [1.82, 2.24) is 5.32 Å². The minimum absolute atomic E-state index is 0.132. The molecule has 6 heteroatoms. The van der Waals surface area contributed by atoms with E-state index in [-0.39, 0.29) is 19.6 Å². The highest BCUT2D eigenvalue weighted by Crippen LogP contribution is 2.31. The van der Waals surface area contributed by atoms with Crippen LogP contribution in [-0.4, -0.2) is 47.6 Å². The van der Waals surface area contributed by atoms with E-state index in [1.165, 1.54) is 7.11 Å². The van der Waals surface area contributed by atoms with Gasteiger partial charge in [-0.15, -0.1) is 0 Å². The number of carboxylic acid groups (broad SMARTS) is 1. The van der Waals surface area contributed by atoms with E-state index < -0.39 is 18.1 Å². The molecule has 0 aromatic heterocycles. The summed E-state index contributed by atoms with van der Waals surface area (Å²) in [4.78, 5) is 10.9. The monoisotopic (exact) mass is 297 g/mol. The van der Waals surface area contributed by atoms with Crippen molar-refractivity contribution in [2.75, 3.05) is 20.3 Å². The second kappa shape index (κ2) is 7.97. The Labute approximate surface area is 124 Å². The van der Waals surface area contributed by atoms with Gasteiger partial charge >= 0.3 is 5.97 Å². The summed E-state index contributed by atoms with van der Waals surface area (Å²) in [6.07, 6.45) is -1.29. The minimum Gasteiger partial charge on any atom is -0.496 e. The molecule has 0 spiro atoms. The number of carbonyl (C=O) groups is 1. The predicted octanol–water partition coefficient (Wildman–Crippen LogP) is 0.771. The van der Waals surface area contributed by atoms with Gasteiger partial charge < -0.3 is 25.4 Å². The van der Waals surface area contributed by atoms with Crippen molar-refractivity contribution in [1.29, 1.82) is 0 Å². The van der Waals surface area contributed by atoms with Gasteiger partial charge in [0.2, 0.25) is 0 Å². The molecule has 6 nitrogen and oxygen atoms in total. The van der Waals surface area contributed by atoms with Crippen molar-refractivity contribution < 1.29 is 24.9 Å². The highest BCUT2D eigenvalue weighted by molar-refractivity contribution is 5.67. The molecule has 0 fully saturated rings. The van der Waals surface area contributed by atoms with Crippen LogP contribution >= 0.6 is 0 Å². The van der Waals surface area contributed by atoms with E-state index in [4.69, 9.17) is 14.9 Å². The van der Waals surface area contributed by atoms with E-state index in [9.17, 15) is 9.90 Å². The van der Waals surface area contributed by atoms with Crippen LogP contribution in [0.5, 0.6) is 5.75 Å². The third kappa shape index (κ3) is 4.70. The highest BCUT2D eigenvalue weighted by atomic mass is 16.5. The number of benzene rings is 1. The number of carboxylic acids is 1. The number of hydrogen-bond donors (Lipinski definition) is 4. The summed E-state index contributed by atoms with van der Waals surface area (Å²) in [5.41, 5.74) is 2.55. The molecule has 1 rings (SSSR count). The van der Waals surface area contributed by atoms with Gasteiger partial charge in [-0.25, -0.2) is 0 Å². The summed E-state index contributed by atoms with van der Waals surface area (Å²) >= 11 is 0. The summed E-state index contributed by atoms with van der Waals surface area (Å²) in [6, 6.07) is 2.91. The molecule has 0 saturated heterocycles. The second-order valence-electron chi connectivity index (χ2n) is 5.01. The average molecular weight is 297 g/mol. The molecule has 1 aromatic rings. The molecule has 0 bridgehead atoms. The molecule has 0 heterocycles. The van der Waals surface area contributed by atoms with Gasteiger partial charge in [0.1, 0.15) is 5.75 Å². The number of hydrogen-bond acceptors (Lipinski definition) is 5. The minimum atomic E-state index is -1.04. The lowest BCUT2D eigenvalue weighted by molar-refractivity contribution is -0.138. The average Bonchev–Trinajstić information content (AvgIpc) is 2.44. The van der Waals surface area contributed by atoms with Crippen LogP contribution in [-0.2, 0) is 4.79 Å². The van der Waals surface area contributed by atoms with Crippen LogP contribution in [0.15, 0.2) is 12.1 Å².